The van der Waals surface area contributed by atoms with Gasteiger partial charge in [-0.05, 0) is 41.0 Å². The van der Waals surface area contributed by atoms with Crippen molar-refractivity contribution >= 4 is 29.0 Å². The van der Waals surface area contributed by atoms with Crippen LogP contribution in [-0.4, -0.2) is 26.1 Å². The van der Waals surface area contributed by atoms with Gasteiger partial charge in [0.15, 0.2) is 10.7 Å². The number of anilines is 1. The van der Waals surface area contributed by atoms with Crippen LogP contribution >= 0.6 is 11.6 Å². The zero-order valence-corrected chi connectivity index (χ0v) is 13.4. The Balaban J connectivity index is 2.34. The van der Waals surface area contributed by atoms with Crippen LogP contribution in [0.3, 0.4) is 0 Å². The van der Waals surface area contributed by atoms with E-state index in [4.69, 9.17) is 11.6 Å². The summed E-state index contributed by atoms with van der Waals surface area (Å²) in [6.45, 7) is 5.53. The van der Waals surface area contributed by atoms with Gasteiger partial charge in [-0.3, -0.25) is 4.79 Å². The first-order chi connectivity index (χ1) is 10.7. The number of halogens is 1. The number of nitrogens with zero attached hydrogens (tertiary/aromatic N) is 2. The highest BCUT2D eigenvalue weighted by molar-refractivity contribution is 6.35. The van der Waals surface area contributed by atoms with Crippen molar-refractivity contribution in [1.82, 2.24) is 10.2 Å². The number of phenols is 1. The minimum atomic E-state index is -0.755. The fourth-order valence-electron chi connectivity index (χ4n) is 2.08. The number of hydrogen-bond acceptors (Lipinski definition) is 5. The molecule has 2 aromatic rings. The summed E-state index contributed by atoms with van der Waals surface area (Å²) in [6, 6.07) is 3.20. The van der Waals surface area contributed by atoms with Gasteiger partial charge in [0.1, 0.15) is 5.75 Å². The largest absolute Gasteiger partial charge is 0.508 e. The van der Waals surface area contributed by atoms with Crippen molar-refractivity contribution in [2.75, 3.05) is 5.32 Å². The van der Waals surface area contributed by atoms with Crippen molar-refractivity contribution in [3.8, 4) is 5.75 Å². The van der Waals surface area contributed by atoms with Gasteiger partial charge in [0.2, 0.25) is 0 Å². The Bertz CT molecular complexity index is 785. The highest BCUT2D eigenvalue weighted by atomic mass is 35.5. The predicted molar refractivity (Wildman–Crippen MR) is 85.1 cm³/mol. The minimum absolute atomic E-state index is 0.0568. The van der Waals surface area contributed by atoms with E-state index in [2.05, 4.69) is 15.5 Å². The summed E-state index contributed by atoms with van der Waals surface area (Å²) >= 11 is 5.79. The molecule has 9 heteroatoms. The topological polar surface area (TPSA) is 121 Å². The van der Waals surface area contributed by atoms with E-state index in [1.807, 2.05) is 13.8 Å². The van der Waals surface area contributed by atoms with Crippen LogP contribution in [0.2, 0.25) is 5.02 Å². The molecule has 0 bridgehead atoms. The molecule has 122 valence electrons. The lowest BCUT2D eigenvalue weighted by Crippen LogP contribution is -2.14. The molecule has 1 amide bonds. The lowest BCUT2D eigenvalue weighted by molar-refractivity contribution is -0.389. The van der Waals surface area contributed by atoms with Crippen molar-refractivity contribution in [2.24, 2.45) is 0 Å². The SMILES string of the molecule is Cc1cc(O)c(C(C)C)cc1NC(=O)c1n[nH]c([N+](=O)[O-])c1Cl. The molecule has 0 atom stereocenters. The second-order valence-corrected chi connectivity index (χ2v) is 5.70. The average Bonchev–Trinajstić information content (AvgIpc) is 2.83. The van der Waals surface area contributed by atoms with Gasteiger partial charge in [-0.15, -0.1) is 5.10 Å². The van der Waals surface area contributed by atoms with Gasteiger partial charge >= 0.3 is 5.82 Å². The fourth-order valence-corrected chi connectivity index (χ4v) is 2.32. The van der Waals surface area contributed by atoms with Crippen molar-refractivity contribution in [1.29, 1.82) is 0 Å². The molecule has 3 N–H and O–H groups in total. The molecule has 1 aromatic carbocycles. The van der Waals surface area contributed by atoms with E-state index >= 15 is 0 Å². The van der Waals surface area contributed by atoms with Crippen LogP contribution in [0.15, 0.2) is 12.1 Å². The monoisotopic (exact) mass is 338 g/mol. The van der Waals surface area contributed by atoms with E-state index < -0.39 is 16.6 Å². The molecule has 0 saturated heterocycles. The number of rotatable bonds is 4. The molecule has 0 fully saturated rings. The third kappa shape index (κ3) is 3.26. The molecule has 8 nitrogen and oxygen atoms in total. The van der Waals surface area contributed by atoms with E-state index in [1.54, 1.807) is 19.1 Å². The average molecular weight is 339 g/mol. The number of benzene rings is 1. The summed E-state index contributed by atoms with van der Waals surface area (Å²) in [7, 11) is 0. The Morgan fingerprint density at radius 1 is 1.48 bits per heavy atom. The minimum Gasteiger partial charge on any atom is -0.508 e. The van der Waals surface area contributed by atoms with Crippen LogP contribution in [-0.2, 0) is 0 Å². The number of aryl methyl sites for hydroxylation is 1. The Morgan fingerprint density at radius 3 is 2.65 bits per heavy atom. The Labute approximate surface area is 136 Å². The van der Waals surface area contributed by atoms with Crippen LogP contribution in [0.25, 0.3) is 0 Å². The van der Waals surface area contributed by atoms with Crippen LogP contribution < -0.4 is 5.32 Å². The van der Waals surface area contributed by atoms with Gasteiger partial charge in [0.25, 0.3) is 5.91 Å². The van der Waals surface area contributed by atoms with E-state index in [0.717, 1.165) is 0 Å². The fraction of sp³-hybridized carbons (Fsp3) is 0.286. The van der Waals surface area contributed by atoms with Crippen LogP contribution in [0.5, 0.6) is 5.75 Å². The Morgan fingerprint density at radius 2 is 2.13 bits per heavy atom. The van der Waals surface area contributed by atoms with Crippen LogP contribution in [0.4, 0.5) is 11.5 Å². The summed E-state index contributed by atoms with van der Waals surface area (Å²) in [4.78, 5) is 22.2. The quantitative estimate of drug-likeness (QED) is 0.448. The first-order valence-corrected chi connectivity index (χ1v) is 7.13. The summed E-state index contributed by atoms with van der Waals surface area (Å²) in [6.07, 6.45) is 0. The number of hydrogen-bond donors (Lipinski definition) is 3. The molecule has 0 aliphatic heterocycles. The smallest absolute Gasteiger partial charge is 0.362 e. The highest BCUT2D eigenvalue weighted by Crippen LogP contribution is 2.32. The van der Waals surface area contributed by atoms with Crippen molar-refractivity contribution in [3.63, 3.8) is 0 Å². The normalized spacial score (nSPS) is 10.8. The third-order valence-electron chi connectivity index (χ3n) is 3.33. The number of aromatic hydroxyl groups is 1. The van der Waals surface area contributed by atoms with E-state index in [9.17, 15) is 20.0 Å². The molecule has 0 unspecified atom stereocenters. The lowest BCUT2D eigenvalue weighted by atomic mass is 9.99. The Kier molecular flexibility index (Phi) is 4.55. The molecule has 0 aliphatic rings. The number of H-pyrrole nitrogens is 1. The molecule has 0 radical (unpaired) electrons. The maximum atomic E-state index is 12.2. The molecule has 23 heavy (non-hydrogen) atoms. The Hall–Kier alpha value is -2.61. The van der Waals surface area contributed by atoms with Crippen LogP contribution in [0.1, 0.15) is 41.4 Å². The number of aromatic amines is 1. The highest BCUT2D eigenvalue weighted by Gasteiger charge is 2.25. The maximum Gasteiger partial charge on any atom is 0.362 e. The van der Waals surface area contributed by atoms with Gasteiger partial charge < -0.3 is 20.5 Å². The second-order valence-electron chi connectivity index (χ2n) is 5.33. The van der Waals surface area contributed by atoms with Gasteiger partial charge in [-0.25, -0.2) is 0 Å². The van der Waals surface area contributed by atoms with Gasteiger partial charge in [-0.1, -0.05) is 30.5 Å². The summed E-state index contributed by atoms with van der Waals surface area (Å²) in [5.74, 6) is -1.02. The van der Waals surface area contributed by atoms with E-state index in [0.29, 0.717) is 16.8 Å². The van der Waals surface area contributed by atoms with Gasteiger partial charge in [-0.2, -0.15) is 0 Å². The summed E-state index contributed by atoms with van der Waals surface area (Å²) < 4.78 is 0. The third-order valence-corrected chi connectivity index (χ3v) is 3.69. The zero-order chi connectivity index (χ0) is 17.3. The molecule has 2 rings (SSSR count). The van der Waals surface area contributed by atoms with Crippen molar-refractivity contribution < 1.29 is 14.8 Å². The number of carbonyl (C=O) groups is 1. The molecule has 0 aliphatic carbocycles. The van der Waals surface area contributed by atoms with Gasteiger partial charge in [0.05, 0.1) is 0 Å². The molecule has 0 spiro atoms. The number of carbonyl (C=O) groups excluding carboxylic acids is 1. The zero-order valence-electron chi connectivity index (χ0n) is 12.7. The number of aromatic nitrogens is 2. The predicted octanol–water partition coefficient (Wildman–Crippen LogP) is 3.36. The maximum absolute atomic E-state index is 12.2. The van der Waals surface area contributed by atoms with Crippen molar-refractivity contribution in [2.45, 2.75) is 26.7 Å². The second kappa shape index (κ2) is 6.25. The van der Waals surface area contributed by atoms with Gasteiger partial charge in [0, 0.05) is 5.69 Å². The first kappa shape index (κ1) is 16.8. The molecule has 1 aromatic heterocycles. The van der Waals surface area contributed by atoms with Crippen LogP contribution in [0, 0.1) is 17.0 Å². The molecule has 0 saturated carbocycles. The molecule has 1 heterocycles. The molecular weight excluding hydrogens is 324 g/mol. The number of nitro groups is 1. The standard InChI is InChI=1S/C14H15ClN4O4/c1-6(2)8-5-9(7(3)4-10(8)20)16-14(21)12-11(15)13(18-17-12)19(22)23/h4-6,20H,1-3H3,(H,16,21)(H,17,18). The van der Waals surface area contributed by atoms with E-state index in [-0.39, 0.29) is 22.4 Å². The summed E-state index contributed by atoms with van der Waals surface area (Å²) in [5.41, 5.74) is 1.52. The van der Waals surface area contributed by atoms with Crippen molar-refractivity contribution in [3.05, 3.63) is 44.1 Å². The lowest BCUT2D eigenvalue weighted by Gasteiger charge is -2.14. The first-order valence-electron chi connectivity index (χ1n) is 6.75. The number of amides is 1. The van der Waals surface area contributed by atoms with E-state index in [1.165, 1.54) is 0 Å². The molecular formula is C14H15ClN4O4. The number of nitrogens with one attached hydrogen (secondary N) is 2. The number of phenolic OH excluding ortho intramolecular Hbond substituents is 1. The summed E-state index contributed by atoms with van der Waals surface area (Å²) in [5, 5.41) is 28.6.